The van der Waals surface area contributed by atoms with Gasteiger partial charge in [-0.2, -0.15) is 0 Å². The maximum atomic E-state index is 11.7. The maximum Gasteiger partial charge on any atom is 0.238 e. The van der Waals surface area contributed by atoms with Crippen molar-refractivity contribution in [3.63, 3.8) is 0 Å². The third-order valence-corrected chi connectivity index (χ3v) is 2.65. The molecule has 0 aliphatic carbocycles. The highest BCUT2D eigenvalue weighted by molar-refractivity contribution is 5.93. The van der Waals surface area contributed by atoms with Crippen molar-refractivity contribution >= 4 is 11.6 Å². The second-order valence-electron chi connectivity index (χ2n) is 3.92. The van der Waals surface area contributed by atoms with Crippen molar-refractivity contribution < 1.29 is 14.6 Å². The van der Waals surface area contributed by atoms with Crippen molar-refractivity contribution in [2.24, 2.45) is 0 Å². The molecule has 3 N–H and O–H groups in total. The minimum Gasteiger partial charge on any atom is -0.495 e. The molecule has 0 heterocycles. The van der Waals surface area contributed by atoms with Crippen LogP contribution in [0, 0.1) is 0 Å². The minimum atomic E-state index is -0.161. The number of benzene rings is 1. The van der Waals surface area contributed by atoms with Crippen molar-refractivity contribution in [1.29, 1.82) is 0 Å². The molecular weight excluding hydrogens is 232 g/mol. The summed E-state index contributed by atoms with van der Waals surface area (Å²) < 4.78 is 5.14. The Morgan fingerprint density at radius 2 is 2.17 bits per heavy atom. The molecule has 0 radical (unpaired) electrons. The SMILES string of the molecule is CCC(CO)NCC(=O)Nc1ccccc1OC. The van der Waals surface area contributed by atoms with Gasteiger partial charge in [-0.15, -0.1) is 0 Å². The van der Waals surface area contributed by atoms with Gasteiger partial charge in [0, 0.05) is 6.04 Å². The third kappa shape index (κ3) is 4.35. The maximum absolute atomic E-state index is 11.7. The van der Waals surface area contributed by atoms with E-state index in [1.807, 2.05) is 19.1 Å². The number of aliphatic hydroxyl groups excluding tert-OH is 1. The molecule has 0 aliphatic rings. The fourth-order valence-corrected chi connectivity index (χ4v) is 1.52. The van der Waals surface area contributed by atoms with Crippen molar-refractivity contribution in [2.45, 2.75) is 19.4 Å². The monoisotopic (exact) mass is 252 g/mol. The highest BCUT2D eigenvalue weighted by atomic mass is 16.5. The van der Waals surface area contributed by atoms with Crippen LogP contribution < -0.4 is 15.4 Å². The van der Waals surface area contributed by atoms with Crippen LogP contribution in [0.3, 0.4) is 0 Å². The number of nitrogens with one attached hydrogen (secondary N) is 2. The molecule has 0 bridgehead atoms. The Bertz CT molecular complexity index is 378. The molecule has 1 amide bonds. The molecule has 1 aromatic carbocycles. The Hall–Kier alpha value is -1.59. The molecule has 1 aromatic rings. The number of anilines is 1. The number of aliphatic hydroxyl groups is 1. The number of hydrogen-bond acceptors (Lipinski definition) is 4. The Morgan fingerprint density at radius 1 is 1.44 bits per heavy atom. The molecule has 0 spiro atoms. The Labute approximate surface area is 107 Å². The molecule has 0 aliphatic heterocycles. The number of rotatable bonds is 7. The van der Waals surface area contributed by atoms with Crippen LogP contribution >= 0.6 is 0 Å². The van der Waals surface area contributed by atoms with Crippen LogP contribution in [0.15, 0.2) is 24.3 Å². The lowest BCUT2D eigenvalue weighted by Crippen LogP contribution is -2.37. The number of carbonyl (C=O) groups is 1. The van der Waals surface area contributed by atoms with Gasteiger partial charge < -0.3 is 20.5 Å². The lowest BCUT2D eigenvalue weighted by Gasteiger charge is -2.14. The van der Waals surface area contributed by atoms with E-state index in [0.29, 0.717) is 11.4 Å². The summed E-state index contributed by atoms with van der Waals surface area (Å²) in [5.74, 6) is 0.464. The summed E-state index contributed by atoms with van der Waals surface area (Å²) in [4.78, 5) is 11.7. The smallest absolute Gasteiger partial charge is 0.238 e. The summed E-state index contributed by atoms with van der Waals surface area (Å²) >= 11 is 0. The summed E-state index contributed by atoms with van der Waals surface area (Å²) in [7, 11) is 1.56. The number of hydrogen-bond donors (Lipinski definition) is 3. The molecule has 18 heavy (non-hydrogen) atoms. The molecule has 0 aromatic heterocycles. The first kappa shape index (κ1) is 14.5. The van der Waals surface area contributed by atoms with Crippen LogP contribution in [-0.2, 0) is 4.79 Å². The van der Waals surface area contributed by atoms with Crippen LogP contribution in [0.4, 0.5) is 5.69 Å². The first-order chi connectivity index (χ1) is 8.71. The van der Waals surface area contributed by atoms with Gasteiger partial charge in [0.1, 0.15) is 5.75 Å². The van der Waals surface area contributed by atoms with Gasteiger partial charge in [0.25, 0.3) is 0 Å². The summed E-state index contributed by atoms with van der Waals surface area (Å²) in [6.45, 7) is 2.14. The molecule has 100 valence electrons. The van der Waals surface area contributed by atoms with Crippen LogP contribution in [0.1, 0.15) is 13.3 Å². The molecule has 1 atom stereocenters. The predicted octanol–water partition coefficient (Wildman–Crippen LogP) is 0.994. The molecular formula is C13H20N2O3. The first-order valence-electron chi connectivity index (χ1n) is 5.98. The normalized spacial score (nSPS) is 11.9. The predicted molar refractivity (Wildman–Crippen MR) is 70.8 cm³/mol. The van der Waals surface area contributed by atoms with Crippen molar-refractivity contribution in [3.8, 4) is 5.75 Å². The molecule has 1 unspecified atom stereocenters. The average molecular weight is 252 g/mol. The second-order valence-corrected chi connectivity index (χ2v) is 3.92. The standard InChI is InChI=1S/C13H20N2O3/c1-3-10(9-16)14-8-13(17)15-11-6-4-5-7-12(11)18-2/h4-7,10,14,16H,3,8-9H2,1-2H3,(H,15,17). The highest BCUT2D eigenvalue weighted by Gasteiger charge is 2.09. The van der Waals surface area contributed by atoms with Crippen LogP contribution in [0.5, 0.6) is 5.75 Å². The molecule has 0 fully saturated rings. The van der Waals surface area contributed by atoms with E-state index in [2.05, 4.69) is 10.6 Å². The van der Waals surface area contributed by atoms with E-state index in [9.17, 15) is 4.79 Å². The van der Waals surface area contributed by atoms with Gasteiger partial charge in [-0.1, -0.05) is 19.1 Å². The summed E-state index contributed by atoms with van der Waals surface area (Å²) in [6.07, 6.45) is 0.776. The Balaban J connectivity index is 2.49. The number of methoxy groups -OCH3 is 1. The summed E-state index contributed by atoms with van der Waals surface area (Å²) in [5.41, 5.74) is 0.642. The second kappa shape index (κ2) is 7.68. The average Bonchev–Trinajstić information content (AvgIpc) is 2.40. The van der Waals surface area contributed by atoms with Crippen LogP contribution in [0.25, 0.3) is 0 Å². The molecule has 0 saturated carbocycles. The van der Waals surface area contributed by atoms with Crippen LogP contribution in [0.2, 0.25) is 0 Å². The van der Waals surface area contributed by atoms with E-state index in [0.717, 1.165) is 6.42 Å². The number of carbonyl (C=O) groups excluding carboxylic acids is 1. The largest absolute Gasteiger partial charge is 0.495 e. The van der Waals surface area contributed by atoms with Crippen molar-refractivity contribution in [3.05, 3.63) is 24.3 Å². The fraction of sp³-hybridized carbons (Fsp3) is 0.462. The number of amides is 1. The minimum absolute atomic E-state index is 0.0262. The molecule has 5 heteroatoms. The van der Waals surface area contributed by atoms with Crippen molar-refractivity contribution in [2.75, 3.05) is 25.6 Å². The molecule has 5 nitrogen and oxygen atoms in total. The zero-order valence-electron chi connectivity index (χ0n) is 10.8. The zero-order valence-corrected chi connectivity index (χ0v) is 10.8. The summed E-state index contributed by atoms with van der Waals surface area (Å²) in [5, 5.41) is 14.7. The topological polar surface area (TPSA) is 70.6 Å². The zero-order chi connectivity index (χ0) is 13.4. The van der Waals surface area contributed by atoms with Gasteiger partial charge in [-0.3, -0.25) is 4.79 Å². The van der Waals surface area contributed by atoms with Gasteiger partial charge in [0.05, 0.1) is 25.9 Å². The lowest BCUT2D eigenvalue weighted by molar-refractivity contribution is -0.115. The number of ether oxygens (including phenoxy) is 1. The van der Waals surface area contributed by atoms with Gasteiger partial charge in [-0.25, -0.2) is 0 Å². The number of para-hydroxylation sites is 2. The molecule has 1 rings (SSSR count). The van der Waals surface area contributed by atoms with E-state index in [4.69, 9.17) is 9.84 Å². The molecule has 0 saturated heterocycles. The van der Waals surface area contributed by atoms with Gasteiger partial charge in [0.2, 0.25) is 5.91 Å². The third-order valence-electron chi connectivity index (χ3n) is 2.65. The van der Waals surface area contributed by atoms with Crippen molar-refractivity contribution in [1.82, 2.24) is 5.32 Å². The summed E-state index contributed by atoms with van der Waals surface area (Å²) in [6, 6.07) is 7.18. The van der Waals surface area contributed by atoms with Gasteiger partial charge >= 0.3 is 0 Å². The van der Waals surface area contributed by atoms with Gasteiger partial charge in [-0.05, 0) is 18.6 Å². The Morgan fingerprint density at radius 3 is 2.78 bits per heavy atom. The lowest BCUT2D eigenvalue weighted by atomic mass is 10.2. The van der Waals surface area contributed by atoms with E-state index in [-0.39, 0.29) is 25.1 Å². The first-order valence-corrected chi connectivity index (χ1v) is 5.98. The van der Waals surface area contributed by atoms with Crippen LogP contribution in [-0.4, -0.2) is 37.3 Å². The van der Waals surface area contributed by atoms with E-state index < -0.39 is 0 Å². The fourth-order valence-electron chi connectivity index (χ4n) is 1.52. The highest BCUT2D eigenvalue weighted by Crippen LogP contribution is 2.22. The Kier molecular flexibility index (Phi) is 6.18. The van der Waals surface area contributed by atoms with E-state index in [1.54, 1.807) is 19.2 Å². The van der Waals surface area contributed by atoms with E-state index >= 15 is 0 Å². The van der Waals surface area contributed by atoms with Gasteiger partial charge in [0.15, 0.2) is 0 Å². The van der Waals surface area contributed by atoms with E-state index in [1.165, 1.54) is 0 Å². The quantitative estimate of drug-likeness (QED) is 0.677.